The Balaban J connectivity index is 1.72. The molecule has 2 atom stereocenters. The van der Waals surface area contributed by atoms with Crippen LogP contribution in [0.1, 0.15) is 46.0 Å². The number of hydrogen-bond acceptors (Lipinski definition) is 1. The van der Waals surface area contributed by atoms with E-state index >= 15 is 0 Å². The lowest BCUT2D eigenvalue weighted by Gasteiger charge is -2.26. The van der Waals surface area contributed by atoms with Gasteiger partial charge < -0.3 is 5.32 Å². The summed E-state index contributed by atoms with van der Waals surface area (Å²) in [6, 6.07) is 0.478. The fourth-order valence-corrected chi connectivity index (χ4v) is 2.40. The molecule has 0 aromatic heterocycles. The van der Waals surface area contributed by atoms with E-state index in [0.717, 1.165) is 12.3 Å². The summed E-state index contributed by atoms with van der Waals surface area (Å²) >= 11 is 0. The first-order valence-electron chi connectivity index (χ1n) is 5.97. The largest absolute Gasteiger partial charge is 0.353 e. The molecule has 0 aromatic carbocycles. The van der Waals surface area contributed by atoms with Gasteiger partial charge in [-0.15, -0.1) is 0 Å². The minimum atomic E-state index is 0.317. The van der Waals surface area contributed by atoms with Gasteiger partial charge in [0.05, 0.1) is 0 Å². The average Bonchev–Trinajstić information content (AvgIpc) is 2.87. The van der Waals surface area contributed by atoms with E-state index in [0.29, 0.717) is 23.8 Å². The summed E-state index contributed by atoms with van der Waals surface area (Å²) < 4.78 is 0. The molecular weight excluding hydrogens is 174 g/mol. The molecule has 0 spiro atoms. The molecule has 2 fully saturated rings. The Morgan fingerprint density at radius 2 is 1.71 bits per heavy atom. The van der Waals surface area contributed by atoms with Gasteiger partial charge in [0.15, 0.2) is 0 Å². The third-order valence-corrected chi connectivity index (χ3v) is 3.81. The Kier molecular flexibility index (Phi) is 2.80. The molecule has 2 saturated carbocycles. The SMILES string of the molecule is CC1CCC(NC(=O)[C@@H]2C[C@H]2C)CC1. The summed E-state index contributed by atoms with van der Waals surface area (Å²) in [5.74, 6) is 2.16. The van der Waals surface area contributed by atoms with Crippen molar-refractivity contribution >= 4 is 5.91 Å². The lowest BCUT2D eigenvalue weighted by atomic mass is 9.87. The third-order valence-electron chi connectivity index (χ3n) is 3.81. The number of carbonyl (C=O) groups is 1. The summed E-state index contributed by atoms with van der Waals surface area (Å²) in [5, 5.41) is 3.19. The zero-order valence-corrected chi connectivity index (χ0v) is 9.25. The van der Waals surface area contributed by atoms with Gasteiger partial charge in [-0.25, -0.2) is 0 Å². The van der Waals surface area contributed by atoms with Crippen molar-refractivity contribution in [1.82, 2.24) is 5.32 Å². The number of amides is 1. The Labute approximate surface area is 86.5 Å². The van der Waals surface area contributed by atoms with Gasteiger partial charge in [-0.2, -0.15) is 0 Å². The topological polar surface area (TPSA) is 29.1 Å². The van der Waals surface area contributed by atoms with E-state index in [9.17, 15) is 4.79 Å². The molecule has 2 aliphatic carbocycles. The molecule has 2 heteroatoms. The van der Waals surface area contributed by atoms with E-state index in [4.69, 9.17) is 0 Å². The highest BCUT2D eigenvalue weighted by Crippen LogP contribution is 2.38. The highest BCUT2D eigenvalue weighted by atomic mass is 16.2. The normalized spacial score (nSPS) is 41.9. The second kappa shape index (κ2) is 3.92. The van der Waals surface area contributed by atoms with Gasteiger partial charge in [-0.3, -0.25) is 4.79 Å². The van der Waals surface area contributed by atoms with Crippen molar-refractivity contribution in [3.63, 3.8) is 0 Å². The van der Waals surface area contributed by atoms with Crippen LogP contribution in [0.2, 0.25) is 0 Å². The molecule has 2 rings (SSSR count). The molecule has 0 saturated heterocycles. The predicted molar refractivity (Wildman–Crippen MR) is 56.8 cm³/mol. The first-order chi connectivity index (χ1) is 6.66. The zero-order chi connectivity index (χ0) is 10.1. The lowest BCUT2D eigenvalue weighted by Crippen LogP contribution is -2.38. The molecule has 0 aliphatic heterocycles. The molecular formula is C12H21NO. The van der Waals surface area contributed by atoms with E-state index in [1.807, 2.05) is 0 Å². The molecule has 0 bridgehead atoms. The van der Waals surface area contributed by atoms with Crippen molar-refractivity contribution < 1.29 is 4.79 Å². The van der Waals surface area contributed by atoms with Crippen molar-refractivity contribution in [3.8, 4) is 0 Å². The van der Waals surface area contributed by atoms with Crippen LogP contribution in [-0.2, 0) is 4.79 Å². The quantitative estimate of drug-likeness (QED) is 0.720. The maximum absolute atomic E-state index is 11.7. The van der Waals surface area contributed by atoms with Gasteiger partial charge >= 0.3 is 0 Å². The van der Waals surface area contributed by atoms with Crippen LogP contribution in [0.5, 0.6) is 0 Å². The molecule has 0 heterocycles. The molecule has 14 heavy (non-hydrogen) atoms. The van der Waals surface area contributed by atoms with Crippen molar-refractivity contribution in [2.45, 2.75) is 52.0 Å². The highest BCUT2D eigenvalue weighted by Gasteiger charge is 2.39. The van der Waals surface area contributed by atoms with Crippen LogP contribution in [0.4, 0.5) is 0 Å². The van der Waals surface area contributed by atoms with E-state index in [2.05, 4.69) is 19.2 Å². The highest BCUT2D eigenvalue weighted by molar-refractivity contribution is 5.81. The first kappa shape index (κ1) is 10.0. The van der Waals surface area contributed by atoms with Crippen LogP contribution >= 0.6 is 0 Å². The molecule has 0 unspecified atom stereocenters. The fourth-order valence-electron chi connectivity index (χ4n) is 2.40. The minimum Gasteiger partial charge on any atom is -0.353 e. The van der Waals surface area contributed by atoms with Crippen LogP contribution in [0.3, 0.4) is 0 Å². The van der Waals surface area contributed by atoms with Crippen LogP contribution in [0.25, 0.3) is 0 Å². The average molecular weight is 195 g/mol. The Morgan fingerprint density at radius 3 is 2.21 bits per heavy atom. The predicted octanol–water partition coefficient (Wildman–Crippen LogP) is 2.34. The second-order valence-corrected chi connectivity index (χ2v) is 5.28. The molecule has 80 valence electrons. The molecule has 2 nitrogen and oxygen atoms in total. The van der Waals surface area contributed by atoms with Crippen molar-refractivity contribution in [3.05, 3.63) is 0 Å². The van der Waals surface area contributed by atoms with Crippen LogP contribution in [-0.4, -0.2) is 11.9 Å². The Morgan fingerprint density at radius 1 is 1.14 bits per heavy atom. The summed E-state index contributed by atoms with van der Waals surface area (Å²) in [7, 11) is 0. The maximum atomic E-state index is 11.7. The smallest absolute Gasteiger partial charge is 0.223 e. The monoisotopic (exact) mass is 195 g/mol. The standard InChI is InChI=1S/C12H21NO/c1-8-3-5-10(6-4-8)13-12(14)11-7-9(11)2/h8-11H,3-7H2,1-2H3,(H,13,14)/t8?,9-,10?,11-/m1/s1. The first-order valence-corrected chi connectivity index (χ1v) is 5.97. The number of carbonyl (C=O) groups excluding carboxylic acids is 1. The van der Waals surface area contributed by atoms with Crippen molar-refractivity contribution in [1.29, 1.82) is 0 Å². The van der Waals surface area contributed by atoms with E-state index in [1.165, 1.54) is 25.7 Å². The molecule has 1 N–H and O–H groups in total. The van der Waals surface area contributed by atoms with E-state index in [-0.39, 0.29) is 0 Å². The summed E-state index contributed by atoms with van der Waals surface area (Å²) in [6.45, 7) is 4.47. The Hall–Kier alpha value is -0.530. The van der Waals surface area contributed by atoms with Crippen molar-refractivity contribution in [2.24, 2.45) is 17.8 Å². The third kappa shape index (κ3) is 2.28. The van der Waals surface area contributed by atoms with Crippen LogP contribution < -0.4 is 5.32 Å². The minimum absolute atomic E-state index is 0.317. The molecule has 0 aromatic rings. The van der Waals surface area contributed by atoms with Gasteiger partial charge in [-0.05, 0) is 43.9 Å². The lowest BCUT2D eigenvalue weighted by molar-refractivity contribution is -0.123. The summed E-state index contributed by atoms with van der Waals surface area (Å²) in [5.41, 5.74) is 0. The van der Waals surface area contributed by atoms with Gasteiger partial charge in [0.25, 0.3) is 0 Å². The fraction of sp³-hybridized carbons (Fsp3) is 0.917. The van der Waals surface area contributed by atoms with Gasteiger partial charge in [-0.1, -0.05) is 13.8 Å². The van der Waals surface area contributed by atoms with Crippen molar-refractivity contribution in [2.75, 3.05) is 0 Å². The Bertz CT molecular complexity index is 218. The summed E-state index contributed by atoms with van der Waals surface area (Å²) in [4.78, 5) is 11.7. The maximum Gasteiger partial charge on any atom is 0.223 e. The van der Waals surface area contributed by atoms with Crippen LogP contribution in [0.15, 0.2) is 0 Å². The van der Waals surface area contributed by atoms with E-state index < -0.39 is 0 Å². The second-order valence-electron chi connectivity index (χ2n) is 5.28. The van der Waals surface area contributed by atoms with Gasteiger partial charge in [0.1, 0.15) is 0 Å². The molecule has 1 amide bonds. The van der Waals surface area contributed by atoms with Gasteiger partial charge in [0, 0.05) is 12.0 Å². The number of hydrogen-bond donors (Lipinski definition) is 1. The molecule has 2 aliphatic rings. The number of nitrogens with one attached hydrogen (secondary N) is 1. The summed E-state index contributed by atoms with van der Waals surface area (Å²) in [6.07, 6.45) is 6.05. The molecule has 0 radical (unpaired) electrons. The van der Waals surface area contributed by atoms with Crippen LogP contribution in [0, 0.1) is 17.8 Å². The number of rotatable bonds is 2. The zero-order valence-electron chi connectivity index (χ0n) is 9.25. The van der Waals surface area contributed by atoms with Gasteiger partial charge in [0.2, 0.25) is 5.91 Å². The van der Waals surface area contributed by atoms with E-state index in [1.54, 1.807) is 0 Å².